The smallest absolute Gasteiger partial charge is 0.388 e. The molecule has 1 aromatic carbocycles. The number of nitrogens with one attached hydrogen (secondary N) is 1. The molecule has 1 aromatic rings. The molecule has 184 valence electrons. The Morgan fingerprint density at radius 2 is 1.85 bits per heavy atom. The van der Waals surface area contributed by atoms with Crippen LogP contribution in [0.25, 0.3) is 22.6 Å². The van der Waals surface area contributed by atoms with Crippen LogP contribution in [0.2, 0.25) is 0 Å². The summed E-state index contributed by atoms with van der Waals surface area (Å²) in [5.41, 5.74) is -2.51. The van der Waals surface area contributed by atoms with E-state index in [4.69, 9.17) is 9.79 Å². The largest absolute Gasteiger partial charge is 0.469 e. The van der Waals surface area contributed by atoms with Gasteiger partial charge in [-0.2, -0.15) is 4.98 Å². The maximum absolute atomic E-state index is 12.4. The van der Waals surface area contributed by atoms with E-state index < -0.39 is 66.8 Å². The van der Waals surface area contributed by atoms with Gasteiger partial charge in [-0.05, 0) is 25.5 Å². The third-order valence-corrected chi connectivity index (χ3v) is 5.63. The number of fused-ring (bicyclic) bond motifs is 2. The van der Waals surface area contributed by atoms with Crippen molar-refractivity contribution in [1.82, 2.24) is 19.5 Å². The number of aryl methyl sites for hydroxylation is 1. The van der Waals surface area contributed by atoms with E-state index in [9.17, 15) is 39.6 Å². The molecule has 0 spiro atoms. The summed E-state index contributed by atoms with van der Waals surface area (Å²) in [4.78, 5) is 62.3. The summed E-state index contributed by atoms with van der Waals surface area (Å²) in [6.45, 7) is 1.36. The molecule has 2 aliphatic heterocycles. The number of aromatic amines is 1. The second-order valence-corrected chi connectivity index (χ2v) is 8.71. The third kappa shape index (κ3) is 5.02. The fraction of sp³-hybridized carbons (Fsp3) is 0.412. The molecule has 0 saturated heterocycles. The zero-order valence-corrected chi connectivity index (χ0v) is 18.5. The van der Waals surface area contributed by atoms with E-state index in [-0.39, 0.29) is 22.4 Å². The standard InChI is InChI=1S/C17H20N5O11P/c1-6-3-8-11(13(7(6)2)22(28)29)18-12-15(19-17(27)20-16(12)26)21(8)4-9(23)14(25)10(24)5-33-34(30,31)32/h3,9-10,14,23-25H,4-5H2,1-2H3,(H,20,26,27)(H2,30,31,32)/t9-,10+,14-/m0/s1. The monoisotopic (exact) mass is 501 g/mol. The van der Waals surface area contributed by atoms with Gasteiger partial charge in [-0.15, -0.1) is 0 Å². The minimum Gasteiger partial charge on any atom is -0.388 e. The van der Waals surface area contributed by atoms with Gasteiger partial charge in [0.2, 0.25) is 0 Å². The van der Waals surface area contributed by atoms with Crippen molar-refractivity contribution in [3.63, 3.8) is 0 Å². The number of nitrogens with zero attached hydrogens (tertiary/aromatic N) is 4. The topological polar surface area (TPSA) is 251 Å². The molecule has 2 aliphatic rings. The Labute approximate surface area is 188 Å². The second kappa shape index (κ2) is 9.27. The van der Waals surface area contributed by atoms with Crippen LogP contribution in [0.1, 0.15) is 11.1 Å². The van der Waals surface area contributed by atoms with Crippen LogP contribution in [0.15, 0.2) is 15.7 Å². The van der Waals surface area contributed by atoms with Gasteiger partial charge in [0.25, 0.3) is 11.2 Å². The van der Waals surface area contributed by atoms with Crippen molar-refractivity contribution in [2.24, 2.45) is 0 Å². The van der Waals surface area contributed by atoms with Crippen LogP contribution in [0.4, 0.5) is 5.69 Å². The van der Waals surface area contributed by atoms with Crippen molar-refractivity contribution in [1.29, 1.82) is 0 Å². The first-order valence-corrected chi connectivity index (χ1v) is 11.1. The van der Waals surface area contributed by atoms with E-state index in [0.29, 0.717) is 5.56 Å². The van der Waals surface area contributed by atoms with Crippen LogP contribution in [0.5, 0.6) is 0 Å². The van der Waals surface area contributed by atoms with Gasteiger partial charge < -0.3 is 29.7 Å². The van der Waals surface area contributed by atoms with Gasteiger partial charge in [-0.3, -0.25) is 24.4 Å². The number of aliphatic hydroxyl groups excluding tert-OH is 3. The van der Waals surface area contributed by atoms with Crippen molar-refractivity contribution >= 4 is 24.5 Å². The number of H-pyrrole nitrogens is 1. The molecule has 0 unspecified atom stereocenters. The summed E-state index contributed by atoms with van der Waals surface area (Å²) in [5, 5.41) is 42.4. The van der Waals surface area contributed by atoms with E-state index in [1.54, 1.807) is 6.92 Å². The number of benzene rings is 1. The zero-order valence-electron chi connectivity index (χ0n) is 17.6. The summed E-state index contributed by atoms with van der Waals surface area (Å²) in [6.07, 6.45) is -5.84. The number of hydrogen-bond donors (Lipinski definition) is 6. The van der Waals surface area contributed by atoms with Gasteiger partial charge >= 0.3 is 13.5 Å². The summed E-state index contributed by atoms with van der Waals surface area (Å²) in [6, 6.07) is 1.45. The molecule has 0 fully saturated rings. The average Bonchev–Trinajstić information content (AvgIpc) is 2.72. The second-order valence-electron chi connectivity index (χ2n) is 7.47. The molecule has 2 heterocycles. The minimum absolute atomic E-state index is 0.00740. The number of aliphatic hydroxyl groups is 3. The van der Waals surface area contributed by atoms with Crippen LogP contribution < -0.4 is 11.2 Å². The van der Waals surface area contributed by atoms with Crippen LogP contribution >= 0.6 is 7.82 Å². The molecule has 6 N–H and O–H groups in total. The Morgan fingerprint density at radius 1 is 1.21 bits per heavy atom. The lowest BCUT2D eigenvalue weighted by molar-refractivity contribution is -0.383. The first-order valence-electron chi connectivity index (χ1n) is 9.54. The maximum Gasteiger partial charge on any atom is 0.469 e. The number of rotatable bonds is 8. The molecule has 3 atom stereocenters. The maximum atomic E-state index is 12.4. The highest BCUT2D eigenvalue weighted by molar-refractivity contribution is 7.46. The number of hydrogen-bond acceptors (Lipinski definition) is 11. The van der Waals surface area contributed by atoms with Crippen molar-refractivity contribution < 1.29 is 39.1 Å². The van der Waals surface area contributed by atoms with Gasteiger partial charge in [0.1, 0.15) is 18.3 Å². The van der Waals surface area contributed by atoms with Crippen molar-refractivity contribution in [3.05, 3.63) is 48.1 Å². The van der Waals surface area contributed by atoms with E-state index in [1.807, 2.05) is 4.98 Å². The van der Waals surface area contributed by atoms with Gasteiger partial charge in [0.15, 0.2) is 17.0 Å². The highest BCUT2D eigenvalue weighted by Gasteiger charge is 2.31. The predicted octanol–water partition coefficient (Wildman–Crippen LogP) is -1.70. The van der Waals surface area contributed by atoms with Gasteiger partial charge in [0, 0.05) is 5.56 Å². The van der Waals surface area contributed by atoms with Crippen molar-refractivity contribution in [2.75, 3.05) is 6.61 Å². The number of phosphoric ester groups is 1. The van der Waals surface area contributed by atoms with Gasteiger partial charge in [-0.25, -0.2) is 14.3 Å². The first-order chi connectivity index (χ1) is 15.7. The van der Waals surface area contributed by atoms with Gasteiger partial charge in [0.05, 0.1) is 23.6 Å². The lowest BCUT2D eigenvalue weighted by atomic mass is 10.0. The lowest BCUT2D eigenvalue weighted by Gasteiger charge is -2.25. The van der Waals surface area contributed by atoms with E-state index >= 15 is 0 Å². The Hall–Kier alpha value is -3.11. The molecule has 0 bridgehead atoms. The Bertz CT molecular complexity index is 1400. The van der Waals surface area contributed by atoms with Crippen LogP contribution in [0.3, 0.4) is 0 Å². The van der Waals surface area contributed by atoms with Crippen molar-refractivity contribution in [2.45, 2.75) is 38.7 Å². The fourth-order valence-corrected chi connectivity index (χ4v) is 3.71. The molecule has 0 amide bonds. The lowest BCUT2D eigenvalue weighted by Crippen LogP contribution is -2.42. The number of phosphoric acid groups is 1. The van der Waals surface area contributed by atoms with Crippen LogP contribution in [-0.2, 0) is 15.6 Å². The summed E-state index contributed by atoms with van der Waals surface area (Å²) >= 11 is 0. The Kier molecular flexibility index (Phi) is 6.95. The fourth-order valence-electron chi connectivity index (χ4n) is 3.36. The number of nitro benzene ring substituents is 1. The van der Waals surface area contributed by atoms with E-state index in [1.165, 1.54) is 13.0 Å². The number of nitro groups is 1. The molecule has 0 aliphatic carbocycles. The first kappa shape index (κ1) is 25.5. The summed E-state index contributed by atoms with van der Waals surface area (Å²) < 4.78 is 16.0. The summed E-state index contributed by atoms with van der Waals surface area (Å²) in [5.74, 6) is -0.356. The third-order valence-electron chi connectivity index (χ3n) is 5.15. The summed E-state index contributed by atoms with van der Waals surface area (Å²) in [7, 11) is -4.97. The molecule has 17 heteroatoms. The predicted molar refractivity (Wildman–Crippen MR) is 113 cm³/mol. The normalized spacial score (nSPS) is 14.9. The molecular weight excluding hydrogens is 481 g/mol. The molecule has 34 heavy (non-hydrogen) atoms. The molecule has 0 radical (unpaired) electrons. The van der Waals surface area contributed by atoms with E-state index in [0.717, 1.165) is 4.57 Å². The quantitative estimate of drug-likeness (QED) is 0.0872. The molecule has 0 aromatic heterocycles. The molecular formula is C17H20N5O11P. The van der Waals surface area contributed by atoms with Crippen LogP contribution in [-0.4, -0.2) is 74.5 Å². The minimum atomic E-state index is -4.97. The SMILES string of the molecule is Cc1cc2c(nc3c(=O)[nH]c(=O)nc-3n2C[C@H](O)[C@H](O)[C@H](O)COP(=O)(O)O)c([N+](=O)[O-])c1C. The molecule has 0 saturated carbocycles. The number of aromatic nitrogens is 4. The Balaban J connectivity index is 2.20. The Morgan fingerprint density at radius 3 is 2.44 bits per heavy atom. The van der Waals surface area contributed by atoms with Crippen molar-refractivity contribution in [3.8, 4) is 11.5 Å². The molecule has 3 rings (SSSR count). The zero-order chi connectivity index (χ0) is 25.5. The van der Waals surface area contributed by atoms with Gasteiger partial charge in [-0.1, -0.05) is 0 Å². The average molecular weight is 501 g/mol. The van der Waals surface area contributed by atoms with Crippen LogP contribution in [0, 0.1) is 24.0 Å². The highest BCUT2D eigenvalue weighted by Crippen LogP contribution is 2.36. The molecule has 16 nitrogen and oxygen atoms in total. The van der Waals surface area contributed by atoms with E-state index in [2.05, 4.69) is 14.5 Å². The highest BCUT2D eigenvalue weighted by atomic mass is 31.2.